The summed E-state index contributed by atoms with van der Waals surface area (Å²) in [4.78, 5) is 17.6. The average molecular weight is 590 g/mol. The van der Waals surface area contributed by atoms with E-state index in [4.69, 9.17) is 33.3 Å². The van der Waals surface area contributed by atoms with Crippen molar-refractivity contribution in [1.82, 2.24) is 10.3 Å². The second-order valence-corrected chi connectivity index (χ2v) is 10.7. The van der Waals surface area contributed by atoms with Crippen molar-refractivity contribution in [1.29, 1.82) is 0 Å². The Morgan fingerprint density at radius 2 is 1.82 bits per heavy atom. The standard InChI is InChI=1S/C30H24ClN3O4S2/c1-17-13-21(15-22(27(17)35)29-33-23-5-3-4-6-26(23)40-29)32-30(39)34-28(36)19-9-12-24(25(14-19)37-2)38-16-18-7-10-20(31)11-8-18/h3-15,35H,16H2,1-2H3,(H2,32,34,36,39). The van der Waals surface area contributed by atoms with Gasteiger partial charge in [0.05, 0.1) is 22.9 Å². The Bertz CT molecular complexity index is 1690. The predicted molar refractivity (Wildman–Crippen MR) is 164 cm³/mol. The minimum absolute atomic E-state index is 0.104. The van der Waals surface area contributed by atoms with E-state index in [0.29, 0.717) is 50.5 Å². The van der Waals surface area contributed by atoms with Crippen molar-refractivity contribution >= 4 is 62.1 Å². The molecule has 1 amide bonds. The number of benzene rings is 4. The molecule has 4 aromatic carbocycles. The highest BCUT2D eigenvalue weighted by atomic mass is 35.5. The number of carbonyl (C=O) groups excluding carboxylic acids is 1. The van der Waals surface area contributed by atoms with Crippen molar-refractivity contribution in [3.05, 3.63) is 101 Å². The number of hydrogen-bond donors (Lipinski definition) is 3. The Balaban J connectivity index is 1.27. The van der Waals surface area contributed by atoms with Gasteiger partial charge in [-0.05, 0) is 84.9 Å². The molecule has 1 aromatic heterocycles. The van der Waals surface area contributed by atoms with Gasteiger partial charge in [-0.3, -0.25) is 10.1 Å². The third-order valence-corrected chi connectivity index (χ3v) is 7.57. The zero-order chi connectivity index (χ0) is 28.2. The number of aromatic nitrogens is 1. The number of phenolic OH excluding ortho intramolecular Hbond substituents is 1. The first kappa shape index (κ1) is 27.4. The summed E-state index contributed by atoms with van der Waals surface area (Å²) in [7, 11) is 1.51. The van der Waals surface area contributed by atoms with Crippen molar-refractivity contribution in [3.8, 4) is 27.8 Å². The summed E-state index contributed by atoms with van der Waals surface area (Å²) in [5.74, 6) is 0.638. The first-order valence-corrected chi connectivity index (χ1v) is 13.8. The molecular formula is C30H24ClN3O4S2. The molecule has 0 fully saturated rings. The maximum Gasteiger partial charge on any atom is 0.257 e. The number of hydrogen-bond acceptors (Lipinski definition) is 7. The van der Waals surface area contributed by atoms with E-state index in [9.17, 15) is 9.90 Å². The summed E-state index contributed by atoms with van der Waals surface area (Å²) in [5, 5.41) is 17.9. The Labute approximate surface area is 245 Å². The second-order valence-electron chi connectivity index (χ2n) is 8.87. The molecule has 0 radical (unpaired) electrons. The topological polar surface area (TPSA) is 92.7 Å². The van der Waals surface area contributed by atoms with Crippen molar-refractivity contribution in [2.75, 3.05) is 12.4 Å². The number of methoxy groups -OCH3 is 1. The molecule has 10 heteroatoms. The van der Waals surface area contributed by atoms with Crippen molar-refractivity contribution in [3.63, 3.8) is 0 Å². The Morgan fingerprint density at radius 3 is 2.58 bits per heavy atom. The molecule has 5 aromatic rings. The summed E-state index contributed by atoms with van der Waals surface area (Å²) in [6, 6.07) is 23.5. The van der Waals surface area contributed by atoms with Gasteiger partial charge in [0, 0.05) is 16.3 Å². The van der Waals surface area contributed by atoms with Gasteiger partial charge in [-0.15, -0.1) is 11.3 Å². The minimum atomic E-state index is -0.415. The molecular weight excluding hydrogens is 566 g/mol. The van der Waals surface area contributed by atoms with Gasteiger partial charge in [0.1, 0.15) is 17.4 Å². The van der Waals surface area contributed by atoms with Crippen LogP contribution in [0.1, 0.15) is 21.5 Å². The molecule has 5 rings (SSSR count). The number of nitrogens with one attached hydrogen (secondary N) is 2. The molecule has 0 aliphatic carbocycles. The maximum absolute atomic E-state index is 12.9. The van der Waals surface area contributed by atoms with Crippen LogP contribution in [0.4, 0.5) is 5.69 Å². The second kappa shape index (κ2) is 11.9. The normalized spacial score (nSPS) is 10.8. The highest BCUT2D eigenvalue weighted by Gasteiger charge is 2.16. The number of thiazole rings is 1. The number of anilines is 1. The highest BCUT2D eigenvalue weighted by Crippen LogP contribution is 2.39. The van der Waals surface area contributed by atoms with Crippen LogP contribution in [0.5, 0.6) is 17.2 Å². The van der Waals surface area contributed by atoms with Gasteiger partial charge in [-0.2, -0.15) is 0 Å². The van der Waals surface area contributed by atoms with Gasteiger partial charge in [0.2, 0.25) is 0 Å². The van der Waals surface area contributed by atoms with E-state index in [0.717, 1.165) is 15.8 Å². The number of phenols is 1. The summed E-state index contributed by atoms with van der Waals surface area (Å²) >= 11 is 12.8. The molecule has 0 atom stereocenters. The highest BCUT2D eigenvalue weighted by molar-refractivity contribution is 7.80. The molecule has 0 saturated heterocycles. The number of halogens is 1. The molecule has 0 aliphatic rings. The third kappa shape index (κ3) is 6.17. The van der Waals surface area contributed by atoms with Crippen molar-refractivity contribution < 1.29 is 19.4 Å². The molecule has 1 heterocycles. The molecule has 7 nitrogen and oxygen atoms in total. The van der Waals surface area contributed by atoms with Crippen LogP contribution in [-0.4, -0.2) is 28.2 Å². The van der Waals surface area contributed by atoms with Gasteiger partial charge in [-0.1, -0.05) is 35.9 Å². The Morgan fingerprint density at radius 1 is 1.05 bits per heavy atom. The molecule has 0 saturated carbocycles. The van der Waals surface area contributed by atoms with Crippen LogP contribution < -0.4 is 20.1 Å². The number of aromatic hydroxyl groups is 1. The molecule has 0 aliphatic heterocycles. The lowest BCUT2D eigenvalue weighted by molar-refractivity contribution is 0.0977. The number of nitrogens with zero attached hydrogens (tertiary/aromatic N) is 1. The fourth-order valence-electron chi connectivity index (χ4n) is 4.01. The van der Waals surface area contributed by atoms with E-state index in [1.807, 2.05) is 36.4 Å². The van der Waals surface area contributed by atoms with Crippen LogP contribution in [-0.2, 0) is 6.61 Å². The molecule has 0 unspecified atom stereocenters. The van der Waals surface area contributed by atoms with Gasteiger partial charge < -0.3 is 19.9 Å². The van der Waals surface area contributed by atoms with Gasteiger partial charge in [0.15, 0.2) is 16.6 Å². The summed E-state index contributed by atoms with van der Waals surface area (Å²) < 4.78 is 12.3. The smallest absolute Gasteiger partial charge is 0.257 e. The molecule has 0 spiro atoms. The van der Waals surface area contributed by atoms with Crippen molar-refractivity contribution in [2.45, 2.75) is 13.5 Å². The van der Waals surface area contributed by atoms with Crippen LogP contribution in [0.3, 0.4) is 0 Å². The van der Waals surface area contributed by atoms with Crippen molar-refractivity contribution in [2.24, 2.45) is 0 Å². The molecule has 40 heavy (non-hydrogen) atoms. The van der Waals surface area contributed by atoms with Crippen LogP contribution in [0.25, 0.3) is 20.8 Å². The lowest BCUT2D eigenvalue weighted by atomic mass is 10.1. The summed E-state index contributed by atoms with van der Waals surface area (Å²) in [6.45, 7) is 2.11. The number of para-hydroxylation sites is 1. The van der Waals surface area contributed by atoms with Crippen LogP contribution >= 0.6 is 35.2 Å². The number of amides is 1. The first-order valence-electron chi connectivity index (χ1n) is 12.2. The molecule has 202 valence electrons. The lowest BCUT2D eigenvalue weighted by Crippen LogP contribution is -2.34. The van der Waals surface area contributed by atoms with Gasteiger partial charge in [0.25, 0.3) is 5.91 Å². The Kier molecular flexibility index (Phi) is 8.16. The maximum atomic E-state index is 12.9. The monoisotopic (exact) mass is 589 g/mol. The average Bonchev–Trinajstić information content (AvgIpc) is 3.38. The fraction of sp³-hybridized carbons (Fsp3) is 0.100. The quantitative estimate of drug-likeness (QED) is 0.135. The minimum Gasteiger partial charge on any atom is -0.507 e. The number of carbonyl (C=O) groups is 1. The fourth-order valence-corrected chi connectivity index (χ4v) is 5.33. The van der Waals surface area contributed by atoms with E-state index >= 15 is 0 Å². The summed E-state index contributed by atoms with van der Waals surface area (Å²) in [5.41, 5.74) is 3.98. The van der Waals surface area contributed by atoms with E-state index in [1.54, 1.807) is 49.4 Å². The predicted octanol–water partition coefficient (Wildman–Crippen LogP) is 7.35. The number of rotatable bonds is 7. The number of ether oxygens (including phenoxy) is 2. The zero-order valence-corrected chi connectivity index (χ0v) is 23.9. The third-order valence-electron chi connectivity index (χ3n) is 6.04. The molecule has 3 N–H and O–H groups in total. The van der Waals surface area contributed by atoms with E-state index < -0.39 is 5.91 Å². The molecule has 0 bridgehead atoms. The van der Waals surface area contributed by atoms with Crippen LogP contribution in [0, 0.1) is 6.92 Å². The van der Waals surface area contributed by atoms with Crippen LogP contribution in [0.15, 0.2) is 78.9 Å². The zero-order valence-electron chi connectivity index (χ0n) is 21.5. The SMILES string of the molecule is COc1cc(C(=O)NC(=S)Nc2cc(C)c(O)c(-c3nc4ccccc4s3)c2)ccc1OCc1ccc(Cl)cc1. The lowest BCUT2D eigenvalue weighted by Gasteiger charge is -2.14. The Hall–Kier alpha value is -4.18. The number of fused-ring (bicyclic) bond motifs is 1. The number of thiocarbonyl (C=S) groups is 1. The van der Waals surface area contributed by atoms with E-state index in [2.05, 4.69) is 15.6 Å². The first-order chi connectivity index (χ1) is 19.3. The van der Waals surface area contributed by atoms with Crippen LogP contribution in [0.2, 0.25) is 5.02 Å². The van der Waals surface area contributed by atoms with E-state index in [-0.39, 0.29) is 10.9 Å². The summed E-state index contributed by atoms with van der Waals surface area (Å²) in [6.07, 6.45) is 0. The van der Waals surface area contributed by atoms with Gasteiger partial charge in [-0.25, -0.2) is 4.98 Å². The number of aryl methyl sites for hydroxylation is 1. The largest absolute Gasteiger partial charge is 0.507 e. The van der Waals surface area contributed by atoms with Gasteiger partial charge >= 0.3 is 0 Å². The van der Waals surface area contributed by atoms with E-state index in [1.165, 1.54) is 18.4 Å².